The highest BCUT2D eigenvalue weighted by molar-refractivity contribution is 6.37. The minimum Gasteiger partial charge on any atom is -0.490 e. The van der Waals surface area contributed by atoms with Gasteiger partial charge in [0.05, 0.1) is 16.0 Å². The summed E-state index contributed by atoms with van der Waals surface area (Å²) in [5, 5.41) is 9.80. The lowest BCUT2D eigenvalue weighted by Gasteiger charge is -2.36. The summed E-state index contributed by atoms with van der Waals surface area (Å²) >= 11 is 12.5. The molecule has 2 N–H and O–H groups in total. The first-order valence-electron chi connectivity index (χ1n) is 15.5. The number of halogens is 2. The van der Waals surface area contributed by atoms with Gasteiger partial charge in [0.15, 0.2) is 5.75 Å². The molecule has 1 saturated carbocycles. The molecule has 2 atom stereocenters. The van der Waals surface area contributed by atoms with Crippen LogP contribution in [0.15, 0.2) is 78.9 Å². The molecule has 0 aromatic heterocycles. The predicted molar refractivity (Wildman–Crippen MR) is 178 cm³/mol. The van der Waals surface area contributed by atoms with Gasteiger partial charge >= 0.3 is 0 Å². The van der Waals surface area contributed by atoms with E-state index < -0.39 is 0 Å². The molecule has 6 rings (SSSR count). The zero-order valence-corrected chi connectivity index (χ0v) is 26.7. The van der Waals surface area contributed by atoms with Gasteiger partial charge in [-0.15, -0.1) is 0 Å². The molecule has 0 bridgehead atoms. The van der Waals surface area contributed by atoms with E-state index in [1.807, 2.05) is 24.0 Å². The standard InChI is InChI=1S/C36H37Cl2N3O4/c1-23-18-31(37)34(32(38)19-23)45-17-16-44-29-12-8-26(9-13-29)35(42)40-33-14-15-39-21-30(33)36(43)41(28-10-11-28)22-24-6-7-25-4-2-3-5-27(25)20-24/h2-9,12-13,18-20,28,30,33,39H,10-11,14-17,21-22H2,1H3,(H,40,42). The number of amides is 2. The molecule has 1 heterocycles. The van der Waals surface area contributed by atoms with Gasteiger partial charge in [0.25, 0.3) is 5.91 Å². The van der Waals surface area contributed by atoms with Gasteiger partial charge < -0.3 is 25.0 Å². The van der Waals surface area contributed by atoms with Crippen molar-refractivity contribution in [2.45, 2.75) is 44.8 Å². The van der Waals surface area contributed by atoms with Crippen LogP contribution in [0.25, 0.3) is 10.8 Å². The normalized spacial score (nSPS) is 17.9. The van der Waals surface area contributed by atoms with Crippen molar-refractivity contribution in [3.63, 3.8) is 0 Å². The average molecular weight is 647 g/mol. The highest BCUT2D eigenvalue weighted by Gasteiger charge is 2.40. The monoisotopic (exact) mass is 645 g/mol. The van der Waals surface area contributed by atoms with Crippen LogP contribution in [-0.4, -0.2) is 55.1 Å². The molecule has 234 valence electrons. The van der Waals surface area contributed by atoms with E-state index in [-0.39, 0.29) is 43.0 Å². The molecule has 1 aliphatic carbocycles. The summed E-state index contributed by atoms with van der Waals surface area (Å²) < 4.78 is 11.5. The number of aryl methyl sites for hydroxylation is 1. The Labute approximate surface area is 273 Å². The molecule has 45 heavy (non-hydrogen) atoms. The maximum Gasteiger partial charge on any atom is 0.251 e. The molecule has 1 aliphatic heterocycles. The number of rotatable bonds is 11. The van der Waals surface area contributed by atoms with Crippen LogP contribution in [0.1, 0.15) is 40.7 Å². The molecular weight excluding hydrogens is 609 g/mol. The van der Waals surface area contributed by atoms with Crippen LogP contribution in [0.4, 0.5) is 0 Å². The summed E-state index contributed by atoms with van der Waals surface area (Å²) in [4.78, 5) is 29.3. The second-order valence-corrected chi connectivity index (χ2v) is 12.7. The lowest BCUT2D eigenvalue weighted by molar-refractivity contribution is -0.138. The highest BCUT2D eigenvalue weighted by atomic mass is 35.5. The predicted octanol–water partition coefficient (Wildman–Crippen LogP) is 6.81. The largest absolute Gasteiger partial charge is 0.490 e. The third kappa shape index (κ3) is 7.72. The van der Waals surface area contributed by atoms with Gasteiger partial charge in [0.2, 0.25) is 5.91 Å². The van der Waals surface area contributed by atoms with E-state index in [1.165, 1.54) is 10.8 Å². The molecule has 2 unspecified atom stereocenters. The summed E-state index contributed by atoms with van der Waals surface area (Å²) in [7, 11) is 0. The first kappa shape index (κ1) is 31.2. The van der Waals surface area contributed by atoms with Crippen molar-refractivity contribution < 1.29 is 19.1 Å². The lowest BCUT2D eigenvalue weighted by atomic mass is 9.91. The Morgan fingerprint density at radius 1 is 0.889 bits per heavy atom. The fourth-order valence-corrected chi connectivity index (χ4v) is 6.60. The summed E-state index contributed by atoms with van der Waals surface area (Å²) in [6.45, 7) is 4.31. The van der Waals surface area contributed by atoms with E-state index in [0.717, 1.165) is 30.5 Å². The smallest absolute Gasteiger partial charge is 0.251 e. The van der Waals surface area contributed by atoms with Crippen LogP contribution in [0.3, 0.4) is 0 Å². The van der Waals surface area contributed by atoms with Gasteiger partial charge in [-0.25, -0.2) is 0 Å². The van der Waals surface area contributed by atoms with E-state index in [4.69, 9.17) is 32.7 Å². The van der Waals surface area contributed by atoms with Crippen LogP contribution < -0.4 is 20.1 Å². The van der Waals surface area contributed by atoms with Crippen molar-refractivity contribution in [3.05, 3.63) is 106 Å². The van der Waals surface area contributed by atoms with E-state index >= 15 is 0 Å². The Hall–Kier alpha value is -3.78. The van der Waals surface area contributed by atoms with E-state index in [9.17, 15) is 9.59 Å². The van der Waals surface area contributed by atoms with Crippen LogP contribution >= 0.6 is 23.2 Å². The molecule has 4 aromatic carbocycles. The molecule has 0 spiro atoms. The molecular formula is C36H37Cl2N3O4. The summed E-state index contributed by atoms with van der Waals surface area (Å²) in [5.41, 5.74) is 2.59. The molecule has 0 radical (unpaired) electrons. The molecule has 7 nitrogen and oxygen atoms in total. The Kier molecular flexibility index (Phi) is 9.79. The number of fused-ring (bicyclic) bond motifs is 1. The Morgan fingerprint density at radius 2 is 1.60 bits per heavy atom. The zero-order valence-electron chi connectivity index (χ0n) is 25.2. The fourth-order valence-electron chi connectivity index (χ4n) is 5.89. The second-order valence-electron chi connectivity index (χ2n) is 11.8. The Balaban J connectivity index is 1.04. The molecule has 2 amide bonds. The summed E-state index contributed by atoms with van der Waals surface area (Å²) in [6, 6.07) is 25.2. The first-order chi connectivity index (χ1) is 21.9. The maximum atomic E-state index is 14.0. The van der Waals surface area contributed by atoms with Gasteiger partial charge in [-0.3, -0.25) is 9.59 Å². The van der Waals surface area contributed by atoms with E-state index in [0.29, 0.717) is 46.6 Å². The number of hydrogen-bond donors (Lipinski definition) is 2. The van der Waals surface area contributed by atoms with Crippen LogP contribution in [0, 0.1) is 12.8 Å². The van der Waals surface area contributed by atoms with Crippen LogP contribution in [0.2, 0.25) is 10.0 Å². The number of carbonyl (C=O) groups excluding carboxylic acids is 2. The van der Waals surface area contributed by atoms with Crippen molar-refractivity contribution in [3.8, 4) is 11.5 Å². The molecule has 2 fully saturated rings. The summed E-state index contributed by atoms with van der Waals surface area (Å²) in [5.74, 6) is 0.609. The zero-order chi connectivity index (χ0) is 31.3. The van der Waals surface area contributed by atoms with Crippen molar-refractivity contribution in [1.29, 1.82) is 0 Å². The van der Waals surface area contributed by atoms with Crippen LogP contribution in [-0.2, 0) is 11.3 Å². The number of piperidine rings is 1. The van der Waals surface area contributed by atoms with E-state index in [1.54, 1.807) is 36.4 Å². The molecule has 4 aromatic rings. The Morgan fingerprint density at radius 3 is 2.33 bits per heavy atom. The number of carbonyl (C=O) groups is 2. The Bertz CT molecular complexity index is 1650. The average Bonchev–Trinajstić information content (AvgIpc) is 3.88. The topological polar surface area (TPSA) is 79.9 Å². The van der Waals surface area contributed by atoms with Crippen molar-refractivity contribution in [2.24, 2.45) is 5.92 Å². The highest BCUT2D eigenvalue weighted by Crippen LogP contribution is 2.34. The third-order valence-corrected chi connectivity index (χ3v) is 8.97. The summed E-state index contributed by atoms with van der Waals surface area (Å²) in [6.07, 6.45) is 2.72. The van der Waals surface area contributed by atoms with Crippen molar-refractivity contribution >= 4 is 45.8 Å². The molecule has 1 saturated heterocycles. The number of ether oxygens (including phenoxy) is 2. The first-order valence-corrected chi connectivity index (χ1v) is 16.2. The SMILES string of the molecule is Cc1cc(Cl)c(OCCOc2ccc(C(=O)NC3CCNCC3C(=O)N(Cc3ccc4ccccc4c3)C3CC3)cc2)c(Cl)c1. The van der Waals surface area contributed by atoms with Gasteiger partial charge in [0.1, 0.15) is 19.0 Å². The lowest BCUT2D eigenvalue weighted by Crippen LogP contribution is -2.55. The maximum absolute atomic E-state index is 14.0. The minimum atomic E-state index is -0.332. The third-order valence-electron chi connectivity index (χ3n) is 8.41. The molecule has 2 aliphatic rings. The number of benzene rings is 4. The van der Waals surface area contributed by atoms with Crippen molar-refractivity contribution in [1.82, 2.24) is 15.5 Å². The quantitative estimate of drug-likeness (QED) is 0.175. The number of hydrogen-bond acceptors (Lipinski definition) is 5. The van der Waals surface area contributed by atoms with Crippen molar-refractivity contribution in [2.75, 3.05) is 26.3 Å². The number of nitrogens with one attached hydrogen (secondary N) is 2. The second kappa shape index (κ2) is 14.1. The van der Waals surface area contributed by atoms with Gasteiger partial charge in [-0.2, -0.15) is 0 Å². The fraction of sp³-hybridized carbons (Fsp3) is 0.333. The van der Waals surface area contributed by atoms with Crippen LogP contribution in [0.5, 0.6) is 11.5 Å². The van der Waals surface area contributed by atoms with Gasteiger partial charge in [0, 0.05) is 30.7 Å². The minimum absolute atomic E-state index is 0.0994. The van der Waals surface area contributed by atoms with Gasteiger partial charge in [-0.05, 0) is 97.1 Å². The van der Waals surface area contributed by atoms with E-state index in [2.05, 4.69) is 41.0 Å². The molecule has 9 heteroatoms. The number of nitrogens with zero attached hydrogens (tertiary/aromatic N) is 1. The van der Waals surface area contributed by atoms with Gasteiger partial charge in [-0.1, -0.05) is 59.6 Å².